The fraction of sp³-hybridized carbons (Fsp3) is 1.00. The maximum absolute atomic E-state index is 3.67. The molecule has 2 atom stereocenters. The Morgan fingerprint density at radius 2 is 1.90 bits per heavy atom. The lowest BCUT2D eigenvalue weighted by molar-refractivity contribution is 0.106. The van der Waals surface area contributed by atoms with Gasteiger partial charge in [0.05, 0.1) is 0 Å². The van der Waals surface area contributed by atoms with Crippen molar-refractivity contribution in [2.24, 2.45) is 5.41 Å². The summed E-state index contributed by atoms with van der Waals surface area (Å²) in [5, 5.41) is 3.67. The Morgan fingerprint density at radius 1 is 1.14 bits per heavy atom. The van der Waals surface area contributed by atoms with Gasteiger partial charge in [0, 0.05) is 25.7 Å². The lowest BCUT2D eigenvalue weighted by atomic mass is 9.84. The minimum absolute atomic E-state index is 0.417. The summed E-state index contributed by atoms with van der Waals surface area (Å²) in [4.78, 5) is 5.30. The largest absolute Gasteiger partial charge is 0.316 e. The Hall–Kier alpha value is -0.120. The van der Waals surface area contributed by atoms with Crippen molar-refractivity contribution < 1.29 is 0 Å². The fourth-order valence-electron chi connectivity index (χ4n) is 3.77. The van der Waals surface area contributed by atoms with E-state index in [0.717, 1.165) is 19.1 Å². The van der Waals surface area contributed by atoms with Crippen LogP contribution in [-0.2, 0) is 0 Å². The monoisotopic (exact) mass is 297 g/mol. The highest BCUT2D eigenvalue weighted by Crippen LogP contribution is 2.26. The van der Waals surface area contributed by atoms with E-state index in [1.807, 2.05) is 0 Å². The van der Waals surface area contributed by atoms with Crippen molar-refractivity contribution in [3.05, 3.63) is 0 Å². The molecule has 126 valence electrons. The van der Waals surface area contributed by atoms with Crippen molar-refractivity contribution in [3.8, 4) is 0 Å². The number of hydrogen-bond acceptors (Lipinski definition) is 3. The van der Waals surface area contributed by atoms with Gasteiger partial charge >= 0.3 is 0 Å². The highest BCUT2D eigenvalue weighted by Gasteiger charge is 2.30. The smallest absolute Gasteiger partial charge is 0.0220 e. The molecular weight excluding hydrogens is 258 g/mol. The number of nitrogens with one attached hydrogen (secondary N) is 1. The van der Waals surface area contributed by atoms with E-state index < -0.39 is 0 Å². The normalized spacial score (nSPS) is 24.7. The number of rotatable bonds is 9. The second kappa shape index (κ2) is 9.81. The van der Waals surface area contributed by atoms with Crippen LogP contribution in [0, 0.1) is 5.41 Å². The quantitative estimate of drug-likeness (QED) is 0.659. The zero-order valence-electron chi connectivity index (χ0n) is 15.2. The van der Waals surface area contributed by atoms with Crippen LogP contribution in [0.4, 0.5) is 0 Å². The summed E-state index contributed by atoms with van der Waals surface area (Å²) in [6, 6.07) is 0.736. The molecule has 0 bridgehead atoms. The zero-order valence-corrected chi connectivity index (χ0v) is 15.2. The van der Waals surface area contributed by atoms with Crippen LogP contribution in [0.15, 0.2) is 0 Å². The second-order valence-electron chi connectivity index (χ2n) is 7.39. The van der Waals surface area contributed by atoms with Crippen LogP contribution in [0.25, 0.3) is 0 Å². The molecule has 0 saturated carbocycles. The minimum atomic E-state index is 0.417. The number of likely N-dealkylation sites (N-methyl/N-ethyl adjacent to an activating group) is 1. The summed E-state index contributed by atoms with van der Waals surface area (Å²) >= 11 is 0. The first-order valence-electron chi connectivity index (χ1n) is 9.18. The van der Waals surface area contributed by atoms with Gasteiger partial charge in [-0.15, -0.1) is 0 Å². The summed E-state index contributed by atoms with van der Waals surface area (Å²) < 4.78 is 0. The molecule has 1 aliphatic rings. The number of nitrogens with zero attached hydrogens (tertiary/aromatic N) is 2. The molecule has 3 nitrogen and oxygen atoms in total. The molecule has 0 spiro atoms. The first kappa shape index (κ1) is 18.9. The molecule has 0 amide bonds. The first-order valence-corrected chi connectivity index (χ1v) is 9.18. The van der Waals surface area contributed by atoms with E-state index in [1.54, 1.807) is 0 Å². The molecule has 0 aromatic rings. The molecule has 21 heavy (non-hydrogen) atoms. The Balaban J connectivity index is 2.65. The maximum atomic E-state index is 3.67. The highest BCUT2D eigenvalue weighted by molar-refractivity contribution is 4.86. The summed E-state index contributed by atoms with van der Waals surface area (Å²) in [5.41, 5.74) is 0.417. The van der Waals surface area contributed by atoms with E-state index in [2.05, 4.69) is 49.9 Å². The van der Waals surface area contributed by atoms with Gasteiger partial charge in [-0.2, -0.15) is 0 Å². The number of hydrogen-bond donors (Lipinski definition) is 1. The topological polar surface area (TPSA) is 18.5 Å². The second-order valence-corrected chi connectivity index (χ2v) is 7.39. The molecule has 1 heterocycles. The van der Waals surface area contributed by atoms with Crippen LogP contribution in [0.3, 0.4) is 0 Å². The van der Waals surface area contributed by atoms with Crippen LogP contribution < -0.4 is 5.32 Å². The Kier molecular flexibility index (Phi) is 8.84. The van der Waals surface area contributed by atoms with E-state index in [1.165, 1.54) is 58.3 Å². The van der Waals surface area contributed by atoms with Gasteiger partial charge in [0.25, 0.3) is 0 Å². The van der Waals surface area contributed by atoms with Crippen molar-refractivity contribution in [1.82, 2.24) is 15.1 Å². The molecule has 1 fully saturated rings. The van der Waals surface area contributed by atoms with Crippen LogP contribution in [0.1, 0.15) is 59.8 Å². The van der Waals surface area contributed by atoms with E-state index in [-0.39, 0.29) is 0 Å². The molecule has 2 unspecified atom stereocenters. The first-order chi connectivity index (χ1) is 10.0. The van der Waals surface area contributed by atoms with Crippen LogP contribution in [0.5, 0.6) is 0 Å². The maximum Gasteiger partial charge on any atom is 0.0220 e. The van der Waals surface area contributed by atoms with Crippen LogP contribution in [-0.4, -0.2) is 62.2 Å². The lowest BCUT2D eigenvalue weighted by Crippen LogP contribution is -2.48. The zero-order chi connectivity index (χ0) is 15.7. The van der Waals surface area contributed by atoms with Crippen molar-refractivity contribution >= 4 is 0 Å². The van der Waals surface area contributed by atoms with Gasteiger partial charge in [0.2, 0.25) is 0 Å². The molecule has 1 saturated heterocycles. The van der Waals surface area contributed by atoms with Gasteiger partial charge in [0.15, 0.2) is 0 Å². The Morgan fingerprint density at radius 3 is 2.52 bits per heavy atom. The van der Waals surface area contributed by atoms with E-state index in [0.29, 0.717) is 5.41 Å². The van der Waals surface area contributed by atoms with Gasteiger partial charge < -0.3 is 10.2 Å². The summed E-state index contributed by atoms with van der Waals surface area (Å²) in [7, 11) is 2.28. The average molecular weight is 298 g/mol. The van der Waals surface area contributed by atoms with Crippen LogP contribution >= 0.6 is 0 Å². The third kappa shape index (κ3) is 6.66. The summed E-state index contributed by atoms with van der Waals surface area (Å²) in [6.45, 7) is 16.8. The minimum Gasteiger partial charge on any atom is -0.316 e. The molecule has 1 N–H and O–H groups in total. The van der Waals surface area contributed by atoms with Gasteiger partial charge in [-0.05, 0) is 57.8 Å². The van der Waals surface area contributed by atoms with Crippen molar-refractivity contribution in [2.75, 3.05) is 46.3 Å². The van der Waals surface area contributed by atoms with Crippen molar-refractivity contribution in [2.45, 2.75) is 65.8 Å². The standard InChI is InChI=1S/C18H39N3/c1-6-10-18(4,15-19-11-7-2)16-21-13-9-12-20(5)14-17(21)8-3/h17,19H,6-16H2,1-5H3. The third-order valence-electron chi connectivity index (χ3n) is 4.91. The Bertz CT molecular complexity index is 269. The average Bonchev–Trinajstić information content (AvgIpc) is 2.61. The third-order valence-corrected chi connectivity index (χ3v) is 4.91. The molecule has 0 aliphatic carbocycles. The van der Waals surface area contributed by atoms with Gasteiger partial charge in [-0.3, -0.25) is 4.90 Å². The predicted octanol–water partition coefficient (Wildman–Crippen LogP) is 3.21. The molecule has 0 radical (unpaired) electrons. The molecule has 0 aromatic heterocycles. The lowest BCUT2D eigenvalue weighted by Gasteiger charge is -2.39. The summed E-state index contributed by atoms with van der Waals surface area (Å²) in [6.07, 6.45) is 6.43. The van der Waals surface area contributed by atoms with Gasteiger partial charge in [-0.25, -0.2) is 0 Å². The van der Waals surface area contributed by atoms with Gasteiger partial charge in [-0.1, -0.05) is 34.1 Å². The molecule has 0 aromatic carbocycles. The molecule has 3 heteroatoms. The van der Waals surface area contributed by atoms with E-state index in [9.17, 15) is 0 Å². The van der Waals surface area contributed by atoms with E-state index in [4.69, 9.17) is 0 Å². The summed E-state index contributed by atoms with van der Waals surface area (Å²) in [5.74, 6) is 0. The highest BCUT2D eigenvalue weighted by atomic mass is 15.2. The predicted molar refractivity (Wildman–Crippen MR) is 93.9 cm³/mol. The van der Waals surface area contributed by atoms with Crippen LogP contribution in [0.2, 0.25) is 0 Å². The molecule has 1 rings (SSSR count). The van der Waals surface area contributed by atoms with E-state index >= 15 is 0 Å². The fourth-order valence-corrected chi connectivity index (χ4v) is 3.77. The van der Waals surface area contributed by atoms with Gasteiger partial charge in [0.1, 0.15) is 0 Å². The van der Waals surface area contributed by atoms with Crippen molar-refractivity contribution in [1.29, 1.82) is 0 Å². The molecular formula is C18H39N3. The Labute approximate surface area is 133 Å². The molecule has 1 aliphatic heterocycles. The van der Waals surface area contributed by atoms with Crippen molar-refractivity contribution in [3.63, 3.8) is 0 Å². The SMILES string of the molecule is CCCNCC(C)(CCC)CN1CCCN(C)CC1CC.